The number of fused-ring (bicyclic) bond motifs is 9. The number of halogens is 6. The largest absolute Gasteiger partial charge is 0.393 e. The fraction of sp³-hybridized carbons (Fsp3) is 0.391. The van der Waals surface area contributed by atoms with Gasteiger partial charge < -0.3 is 24.9 Å². The van der Waals surface area contributed by atoms with Crippen LogP contribution in [0.1, 0.15) is 25.7 Å². The van der Waals surface area contributed by atoms with Gasteiger partial charge in [-0.1, -0.05) is 18.2 Å². The molecule has 17 nitrogen and oxygen atoms in total. The second kappa shape index (κ2) is 18.2. The molecule has 0 aromatic carbocycles. The molecule has 23 heteroatoms. The molecule has 2 unspecified atom stereocenters. The Bertz CT molecular complexity index is 2960. The summed E-state index contributed by atoms with van der Waals surface area (Å²) in [6.45, 7) is 4.16. The molecule has 69 heavy (non-hydrogen) atoms. The van der Waals surface area contributed by atoms with Crippen molar-refractivity contribution in [2.45, 2.75) is 50.1 Å². The van der Waals surface area contributed by atoms with Crippen molar-refractivity contribution >= 4 is 52.1 Å². The summed E-state index contributed by atoms with van der Waals surface area (Å²) in [7, 11) is 0. The van der Waals surface area contributed by atoms with Crippen molar-refractivity contribution in [2.75, 3.05) is 87.5 Å². The minimum absolute atomic E-state index is 0.0163. The van der Waals surface area contributed by atoms with Gasteiger partial charge in [-0.3, -0.25) is 14.6 Å². The number of urea groups is 1. The highest BCUT2D eigenvalue weighted by Gasteiger charge is 2.46. The Morgan fingerprint density at radius 3 is 1.93 bits per heavy atom. The quantitative estimate of drug-likeness (QED) is 0.192. The van der Waals surface area contributed by atoms with Gasteiger partial charge in [0.2, 0.25) is 0 Å². The number of hydrogen-bond donors (Lipinski definition) is 2. The smallest absolute Gasteiger partial charge is 0.366 e. The Morgan fingerprint density at radius 2 is 1.26 bits per heavy atom. The fourth-order valence-corrected chi connectivity index (χ4v) is 9.69. The molecule has 2 amide bonds. The zero-order valence-electron chi connectivity index (χ0n) is 36.9. The highest BCUT2D eigenvalue weighted by molar-refractivity contribution is 6.04. The Kier molecular flexibility index (Phi) is 12.0. The van der Waals surface area contributed by atoms with Crippen LogP contribution in [0.2, 0.25) is 0 Å². The van der Waals surface area contributed by atoms with E-state index < -0.39 is 35.6 Å². The monoisotopic (exact) mass is 956 g/mol. The highest BCUT2D eigenvalue weighted by Crippen LogP contribution is 2.43. The van der Waals surface area contributed by atoms with Crippen molar-refractivity contribution in [1.29, 1.82) is 0 Å². The van der Waals surface area contributed by atoms with E-state index in [1.54, 1.807) is 87.8 Å². The number of anilines is 7. The van der Waals surface area contributed by atoms with Gasteiger partial charge in [0.05, 0.1) is 29.3 Å². The summed E-state index contributed by atoms with van der Waals surface area (Å²) < 4.78 is 79.8. The Morgan fingerprint density at radius 1 is 0.623 bits per heavy atom. The first-order valence-corrected chi connectivity index (χ1v) is 22.6. The first kappa shape index (κ1) is 45.3. The number of aromatic nitrogens is 7. The first-order valence-electron chi connectivity index (χ1n) is 22.6. The Labute approximate surface area is 390 Å². The third-order valence-corrected chi connectivity index (χ3v) is 13.3. The van der Waals surface area contributed by atoms with Gasteiger partial charge in [-0.25, -0.2) is 34.3 Å². The van der Waals surface area contributed by atoms with Crippen molar-refractivity contribution < 1.29 is 31.1 Å². The van der Waals surface area contributed by atoms with Gasteiger partial charge in [0.25, 0.3) is 0 Å². The fourth-order valence-electron chi connectivity index (χ4n) is 9.69. The molecular weight excluding hydrogens is 911 g/mol. The van der Waals surface area contributed by atoms with E-state index in [1.807, 2.05) is 18.2 Å². The minimum atomic E-state index is -4.21. The highest BCUT2D eigenvalue weighted by atomic mass is 19.4. The van der Waals surface area contributed by atoms with Gasteiger partial charge in [-0.05, 0) is 86.3 Å². The van der Waals surface area contributed by atoms with Crippen LogP contribution in [-0.2, 0) is 0 Å². The summed E-state index contributed by atoms with van der Waals surface area (Å²) >= 11 is 0. The number of nitrogens with one attached hydrogen (secondary N) is 2. The van der Waals surface area contributed by atoms with Crippen molar-refractivity contribution in [1.82, 2.24) is 33.9 Å². The summed E-state index contributed by atoms with van der Waals surface area (Å²) in [6, 6.07) is 22.7. The van der Waals surface area contributed by atoms with E-state index in [1.165, 1.54) is 10.6 Å². The molecule has 4 bridgehead atoms. The topological polar surface area (TPSA) is 165 Å². The summed E-state index contributed by atoms with van der Waals surface area (Å²) in [5, 5.41) is 6.20. The van der Waals surface area contributed by atoms with Crippen LogP contribution in [0.15, 0.2) is 107 Å². The molecule has 2 N–H and O–H groups in total. The molecule has 12 rings (SSSR count). The second-order valence-corrected chi connectivity index (χ2v) is 17.6. The standard InChI is InChI=1S/C20H21F3N6O.C14H17F3N4.C12H8N4O2/c21-20(22,23)13-6-9-28(11-13)17-5-4-15-18(26-17)29(14-7-10-27(15)12-14)19(30)25-16-3-1-2-8-24-16;15-14(16,17)9-3-5-21(7-9)12-2-1-11-13(19-12)18-10-4-6-20(11)8-10;17-11-14-10-6-2-4-8-15(10)12(18)16(11)9-5-1-3-7-13-9/h1-5,8,13-14H,6-7,9-12H2,(H,24,25,30);1-2,9-10H,3-8H2,(H,18,19);1-8H/t13?,14-;9?,10-;/m00./s1. The van der Waals surface area contributed by atoms with Crippen molar-refractivity contribution in [3.63, 3.8) is 0 Å². The summed E-state index contributed by atoms with van der Waals surface area (Å²) in [5.74, 6) is 0.546. The van der Waals surface area contributed by atoms with Crippen LogP contribution in [0, 0.1) is 11.8 Å². The number of rotatable bonds is 4. The van der Waals surface area contributed by atoms with Crippen LogP contribution < -0.4 is 46.5 Å². The summed E-state index contributed by atoms with van der Waals surface area (Å²) in [5.41, 5.74) is 1.10. The van der Waals surface area contributed by atoms with Crippen LogP contribution in [0.4, 0.5) is 71.6 Å². The van der Waals surface area contributed by atoms with Crippen LogP contribution in [0.5, 0.6) is 0 Å². The van der Waals surface area contributed by atoms with Gasteiger partial charge in [-0.2, -0.15) is 35.9 Å². The molecule has 4 saturated heterocycles. The normalized spacial score (nSPS) is 21.2. The molecule has 12 heterocycles. The predicted molar refractivity (Wildman–Crippen MR) is 247 cm³/mol. The molecule has 4 fully saturated rings. The number of nitrogens with zero attached hydrogens (tertiary/aromatic N) is 12. The van der Waals surface area contributed by atoms with E-state index in [2.05, 4.69) is 45.4 Å². The van der Waals surface area contributed by atoms with E-state index in [4.69, 9.17) is 0 Å². The lowest BCUT2D eigenvalue weighted by Crippen LogP contribution is -2.48. The predicted octanol–water partition coefficient (Wildman–Crippen LogP) is 6.21. The number of carbonyl (C=O) groups is 1. The maximum atomic E-state index is 13.1. The van der Waals surface area contributed by atoms with Gasteiger partial charge in [0, 0.05) is 77.0 Å². The lowest BCUT2D eigenvalue weighted by Gasteiger charge is -2.36. The molecular formula is C46H46F6N14O3. The molecule has 6 aliphatic rings. The number of pyridine rings is 5. The maximum absolute atomic E-state index is 13.1. The van der Waals surface area contributed by atoms with E-state index in [0.717, 1.165) is 54.2 Å². The summed E-state index contributed by atoms with van der Waals surface area (Å²) in [4.78, 5) is 67.8. The zero-order chi connectivity index (χ0) is 48.0. The first-order chi connectivity index (χ1) is 33.2. The van der Waals surface area contributed by atoms with Gasteiger partial charge in [0.15, 0.2) is 11.6 Å². The minimum Gasteiger partial charge on any atom is -0.366 e. The van der Waals surface area contributed by atoms with Gasteiger partial charge in [-0.15, -0.1) is 0 Å². The average Bonchev–Trinajstić information content (AvgIpc) is 4.18. The molecule has 6 aliphatic heterocycles. The second-order valence-electron chi connectivity index (χ2n) is 17.6. The van der Waals surface area contributed by atoms with Crippen LogP contribution in [-0.4, -0.2) is 117 Å². The van der Waals surface area contributed by atoms with Crippen LogP contribution >= 0.6 is 0 Å². The molecule has 4 atom stereocenters. The Hall–Kier alpha value is -7.46. The summed E-state index contributed by atoms with van der Waals surface area (Å²) in [6.07, 6.45) is -1.53. The van der Waals surface area contributed by atoms with E-state index in [-0.39, 0.29) is 43.8 Å². The van der Waals surface area contributed by atoms with Gasteiger partial charge in [0.1, 0.15) is 28.9 Å². The van der Waals surface area contributed by atoms with Crippen LogP contribution in [0.3, 0.4) is 0 Å². The average molecular weight is 957 g/mol. The molecule has 360 valence electrons. The lowest BCUT2D eigenvalue weighted by molar-refractivity contribution is -0.168. The number of carbonyl (C=O) groups excluding carboxylic acids is 1. The van der Waals surface area contributed by atoms with Crippen LogP contribution in [0.25, 0.3) is 11.5 Å². The number of hydrogen-bond acceptors (Lipinski definition) is 13. The zero-order valence-corrected chi connectivity index (χ0v) is 36.9. The third-order valence-electron chi connectivity index (χ3n) is 13.3. The molecule has 6 aromatic heterocycles. The maximum Gasteiger partial charge on any atom is 0.393 e. The molecule has 6 aromatic rings. The molecule has 0 radical (unpaired) electrons. The van der Waals surface area contributed by atoms with E-state index in [0.29, 0.717) is 54.6 Å². The third kappa shape index (κ3) is 9.28. The Balaban J connectivity index is 0.000000125. The molecule has 0 spiro atoms. The van der Waals surface area contributed by atoms with Gasteiger partial charge >= 0.3 is 29.8 Å². The van der Waals surface area contributed by atoms with Crippen molar-refractivity contribution in [3.05, 3.63) is 118 Å². The molecule has 0 aliphatic carbocycles. The van der Waals surface area contributed by atoms with E-state index in [9.17, 15) is 40.7 Å². The van der Waals surface area contributed by atoms with Crippen molar-refractivity contribution in [3.8, 4) is 5.82 Å². The van der Waals surface area contributed by atoms with Crippen molar-refractivity contribution in [2.24, 2.45) is 11.8 Å². The number of amides is 2. The molecule has 0 saturated carbocycles. The lowest BCUT2D eigenvalue weighted by atomic mass is 10.1. The number of alkyl halides is 6. The SMILES string of the molecule is FC(F)(F)C1CCN(c2ccc3c(n2)N[C@H]2CCN3C2)C1.O=C(Nc1ccccn1)N1c2nc(N3CCC(C(F)(F)F)C3)ccc2N2CC[C@H]1C2.O=c1nc2ccccn2c(=O)n1-c1ccccn1. The van der Waals surface area contributed by atoms with E-state index >= 15 is 0 Å².